The van der Waals surface area contributed by atoms with E-state index >= 15 is 0 Å². The third-order valence-electron chi connectivity index (χ3n) is 12.5. The lowest BCUT2D eigenvalue weighted by atomic mass is 9.81. The maximum Gasteiger partial charge on any atom is 0.329 e. The third-order valence-corrected chi connectivity index (χ3v) is 12.5. The Kier molecular flexibility index (Phi) is 16.7. The number of methoxy groups -OCH3 is 3. The number of piperidine rings is 1. The predicted molar refractivity (Wildman–Crippen MR) is 212 cm³/mol. The van der Waals surface area contributed by atoms with E-state index in [0.29, 0.717) is 62.7 Å². The molecule has 3 aliphatic heterocycles. The lowest BCUT2D eigenvalue weighted by Gasteiger charge is -2.43. The monoisotopic (exact) mass is 801 g/mol. The minimum atomic E-state index is -2.57. The Morgan fingerprint density at radius 1 is 0.982 bits per heavy atom. The number of nitrogens with zero attached hydrogens (tertiary/aromatic N) is 1. The smallest absolute Gasteiger partial charge is 0.329 e. The molecule has 2 bridgehead atoms. The number of cyclic esters (lactones) is 1. The van der Waals surface area contributed by atoms with Crippen molar-refractivity contribution in [3.05, 3.63) is 47.5 Å². The second-order valence-electron chi connectivity index (χ2n) is 16.9. The third kappa shape index (κ3) is 11.0. The Morgan fingerprint density at radius 3 is 2.35 bits per heavy atom. The zero-order valence-corrected chi connectivity index (χ0v) is 35.2. The maximum atomic E-state index is 14.3. The molecule has 0 spiro atoms. The van der Waals surface area contributed by atoms with Crippen LogP contribution in [0.25, 0.3) is 0 Å². The van der Waals surface area contributed by atoms with Gasteiger partial charge < -0.3 is 43.9 Å². The van der Waals surface area contributed by atoms with Crippen molar-refractivity contribution in [2.24, 2.45) is 29.6 Å². The lowest BCUT2D eigenvalue weighted by Crippen LogP contribution is -2.60. The highest BCUT2D eigenvalue weighted by molar-refractivity contribution is 6.39. The summed E-state index contributed by atoms with van der Waals surface area (Å²) in [5.41, 5.74) is 1.58. The molecule has 4 aliphatic rings. The Hall–Kier alpha value is -3.36. The minimum absolute atomic E-state index is 0.0143. The zero-order chi connectivity index (χ0) is 42.2. The topological polar surface area (TPSA) is 178 Å². The highest BCUT2D eigenvalue weighted by Crippen LogP contribution is 2.40. The van der Waals surface area contributed by atoms with Crippen molar-refractivity contribution in [3.63, 3.8) is 0 Å². The Morgan fingerprint density at radius 2 is 1.70 bits per heavy atom. The van der Waals surface area contributed by atoms with E-state index in [-0.39, 0.29) is 55.3 Å². The zero-order valence-electron chi connectivity index (χ0n) is 35.2. The number of esters is 1. The van der Waals surface area contributed by atoms with Gasteiger partial charge in [0.05, 0.1) is 25.4 Å². The number of Topliss-reactive ketones (excluding diaryl/α,β-unsaturated/α-hetero) is 2. The van der Waals surface area contributed by atoms with Crippen LogP contribution >= 0.6 is 0 Å². The van der Waals surface area contributed by atoms with E-state index in [1.165, 1.54) is 14.2 Å². The van der Waals surface area contributed by atoms with Crippen molar-refractivity contribution >= 4 is 23.4 Å². The van der Waals surface area contributed by atoms with Crippen molar-refractivity contribution < 1.29 is 58.2 Å². The number of carbonyl (C=O) groups excluding carboxylic acids is 4. The molecular weight excluding hydrogens is 734 g/mol. The summed E-state index contributed by atoms with van der Waals surface area (Å²) in [5.74, 6) is -7.54. The molecule has 13 heteroatoms. The summed E-state index contributed by atoms with van der Waals surface area (Å²) in [6.45, 7) is 13.0. The molecule has 4 rings (SSSR count). The summed E-state index contributed by atoms with van der Waals surface area (Å²) in [4.78, 5) is 57.7. The van der Waals surface area contributed by atoms with Gasteiger partial charge in [-0.15, -0.1) is 6.58 Å². The molecule has 7 unspecified atom stereocenters. The first-order valence-corrected chi connectivity index (χ1v) is 20.6. The molecule has 12 atom stereocenters. The van der Waals surface area contributed by atoms with Crippen molar-refractivity contribution in [1.29, 1.82) is 0 Å². The van der Waals surface area contributed by atoms with Gasteiger partial charge in [-0.25, -0.2) is 4.79 Å². The van der Waals surface area contributed by atoms with Crippen LogP contribution in [-0.4, -0.2) is 114 Å². The van der Waals surface area contributed by atoms with Gasteiger partial charge in [0.25, 0.3) is 17.5 Å². The standard InChI is InChI=1S/C44H67NO12/c1-10-13-31-19-25(2)18-26(3)20-37(54-8)40-38(55-9)22-28(5)44(52,57-40)41(49)42(50)45-17-12-11-14-32(45)43(51)56-39(29(6)34(47)24-35(31)48)27(4)21-30-15-16-33(46)36(23-30)53-7/h10,19,21,26,28-34,36,38-39,46-47,52H,1,11-18,20,22-24H2,2-9H3/b25-19+,27-21+,40-37+/t26?,28-,29?,30+,31?,32?,33?,34?,36-,38+,39?,44-/m1/s1. The van der Waals surface area contributed by atoms with Crippen LogP contribution in [-0.2, 0) is 42.9 Å². The number of ketones is 2. The molecule has 3 heterocycles. The van der Waals surface area contributed by atoms with Gasteiger partial charge in [-0.2, -0.15) is 0 Å². The Labute approximate surface area is 338 Å². The number of amides is 1. The van der Waals surface area contributed by atoms with Gasteiger partial charge in [-0.3, -0.25) is 14.4 Å². The number of ether oxygens (including phenoxy) is 5. The van der Waals surface area contributed by atoms with E-state index in [0.717, 1.165) is 10.5 Å². The number of fused-ring (bicyclic) bond motifs is 3. The fourth-order valence-electron chi connectivity index (χ4n) is 9.02. The van der Waals surface area contributed by atoms with E-state index < -0.39 is 71.7 Å². The molecule has 1 aliphatic carbocycles. The van der Waals surface area contributed by atoms with Gasteiger partial charge in [-0.05, 0) is 89.0 Å². The number of hydrogen-bond acceptors (Lipinski definition) is 12. The van der Waals surface area contributed by atoms with Crippen LogP contribution in [0.15, 0.2) is 47.5 Å². The largest absolute Gasteiger partial charge is 0.497 e. The van der Waals surface area contributed by atoms with Crippen LogP contribution in [0.2, 0.25) is 0 Å². The van der Waals surface area contributed by atoms with E-state index in [4.69, 9.17) is 23.7 Å². The van der Waals surface area contributed by atoms with Crippen LogP contribution < -0.4 is 0 Å². The summed E-state index contributed by atoms with van der Waals surface area (Å²) in [7, 11) is 4.52. The second kappa shape index (κ2) is 20.6. The number of hydrogen-bond donors (Lipinski definition) is 3. The Bertz CT molecular complexity index is 1550. The van der Waals surface area contributed by atoms with Crippen LogP contribution in [0.5, 0.6) is 0 Å². The molecular formula is C44H67NO12. The molecule has 0 aromatic heterocycles. The summed E-state index contributed by atoms with van der Waals surface area (Å²) < 4.78 is 29.4. The van der Waals surface area contributed by atoms with Gasteiger partial charge in [0, 0.05) is 51.4 Å². The highest BCUT2D eigenvalue weighted by atomic mass is 16.7. The van der Waals surface area contributed by atoms with Gasteiger partial charge in [0.2, 0.25) is 0 Å². The van der Waals surface area contributed by atoms with E-state index in [2.05, 4.69) is 6.58 Å². The predicted octanol–water partition coefficient (Wildman–Crippen LogP) is 5.11. The Balaban J connectivity index is 1.80. The molecule has 0 aromatic carbocycles. The second-order valence-corrected chi connectivity index (χ2v) is 16.9. The number of rotatable bonds is 7. The molecule has 13 nitrogen and oxygen atoms in total. The molecule has 0 radical (unpaired) electrons. The van der Waals surface area contributed by atoms with Crippen molar-refractivity contribution in [1.82, 2.24) is 4.90 Å². The highest BCUT2D eigenvalue weighted by Gasteiger charge is 2.55. The van der Waals surface area contributed by atoms with Crippen LogP contribution in [0.3, 0.4) is 0 Å². The number of allylic oxidation sites excluding steroid dienone is 5. The fourth-order valence-corrected chi connectivity index (χ4v) is 9.02. The van der Waals surface area contributed by atoms with Crippen molar-refractivity contribution in [3.8, 4) is 0 Å². The van der Waals surface area contributed by atoms with Gasteiger partial charge >= 0.3 is 5.97 Å². The van der Waals surface area contributed by atoms with E-state index in [1.807, 2.05) is 32.9 Å². The van der Waals surface area contributed by atoms with E-state index in [1.54, 1.807) is 27.0 Å². The molecule has 3 fully saturated rings. The summed E-state index contributed by atoms with van der Waals surface area (Å²) >= 11 is 0. The normalized spacial score (nSPS) is 39.5. The first-order valence-electron chi connectivity index (χ1n) is 20.6. The average Bonchev–Trinajstić information content (AvgIpc) is 3.18. The molecule has 1 saturated carbocycles. The number of aliphatic hydroxyl groups excluding tert-OH is 2. The van der Waals surface area contributed by atoms with Crippen LogP contribution in [0.4, 0.5) is 0 Å². The van der Waals surface area contributed by atoms with Crippen molar-refractivity contribution in [2.45, 2.75) is 148 Å². The molecule has 320 valence electrons. The lowest BCUT2D eigenvalue weighted by molar-refractivity contribution is -0.237. The van der Waals surface area contributed by atoms with Crippen LogP contribution in [0.1, 0.15) is 105 Å². The van der Waals surface area contributed by atoms with Gasteiger partial charge in [0.1, 0.15) is 29.8 Å². The SMILES string of the molecule is C=CCC1/C=C(\C)CC(C)C/C(OC)=C2\O[C@@](O)(C(=O)C(=O)N3CCCCC3C(=O)OC(/C(C)=C/[C@@H]3CCC(O)[C@H](OC)C3)C(C)C(O)CC1=O)[C@H](C)C[C@@H]2OC. The fraction of sp³-hybridized carbons (Fsp3) is 0.727. The summed E-state index contributed by atoms with van der Waals surface area (Å²) in [5, 5.41) is 34.1. The van der Waals surface area contributed by atoms with Gasteiger partial charge in [-0.1, -0.05) is 44.6 Å². The average molecular weight is 802 g/mol. The molecule has 57 heavy (non-hydrogen) atoms. The molecule has 1 amide bonds. The van der Waals surface area contributed by atoms with E-state index in [9.17, 15) is 34.5 Å². The van der Waals surface area contributed by atoms with Gasteiger partial charge in [0.15, 0.2) is 5.76 Å². The summed E-state index contributed by atoms with van der Waals surface area (Å²) in [6.07, 6.45) is 6.03. The number of carbonyl (C=O) groups is 4. The van der Waals surface area contributed by atoms with Crippen molar-refractivity contribution in [2.75, 3.05) is 27.9 Å². The first kappa shape index (κ1) is 46.3. The molecule has 0 aromatic rings. The first-order chi connectivity index (χ1) is 27.0. The maximum absolute atomic E-state index is 14.3. The number of aliphatic hydroxyl groups is 3. The van der Waals surface area contributed by atoms with Crippen LogP contribution in [0, 0.1) is 29.6 Å². The minimum Gasteiger partial charge on any atom is -0.497 e. The molecule has 3 N–H and O–H groups in total. The summed E-state index contributed by atoms with van der Waals surface area (Å²) in [6, 6.07) is -1.15. The molecule has 2 saturated heterocycles. The quantitative estimate of drug-likeness (QED) is 0.176.